The van der Waals surface area contributed by atoms with Crippen molar-refractivity contribution in [3.8, 4) is 11.5 Å². The zero-order valence-electron chi connectivity index (χ0n) is 12.3. The summed E-state index contributed by atoms with van der Waals surface area (Å²) in [7, 11) is 0. The van der Waals surface area contributed by atoms with E-state index in [1.54, 1.807) is 25.1 Å². The Morgan fingerprint density at radius 2 is 2.09 bits per heavy atom. The number of anilines is 1. The van der Waals surface area contributed by atoms with Gasteiger partial charge >= 0.3 is 5.82 Å². The summed E-state index contributed by atoms with van der Waals surface area (Å²) in [6, 6.07) is 6.34. The fourth-order valence-electron chi connectivity index (χ4n) is 2.25. The van der Waals surface area contributed by atoms with Gasteiger partial charge in [-0.1, -0.05) is 5.10 Å². The third-order valence-corrected chi connectivity index (χ3v) is 3.19. The minimum absolute atomic E-state index is 0.222. The highest BCUT2D eigenvalue weighted by Gasteiger charge is 2.20. The van der Waals surface area contributed by atoms with E-state index in [0.29, 0.717) is 36.1 Å². The van der Waals surface area contributed by atoms with Gasteiger partial charge in [0.1, 0.15) is 13.2 Å². The number of carbonyl (C=O) groups is 1. The van der Waals surface area contributed by atoms with Gasteiger partial charge in [-0.05, 0) is 24.0 Å². The van der Waals surface area contributed by atoms with E-state index < -0.39 is 10.8 Å². The molecule has 23 heavy (non-hydrogen) atoms. The molecule has 1 aliphatic heterocycles. The number of amides is 1. The van der Waals surface area contributed by atoms with E-state index in [1.165, 1.54) is 6.07 Å². The number of nitrogens with zero attached hydrogens (tertiary/aromatic N) is 3. The second-order valence-electron chi connectivity index (χ2n) is 4.97. The van der Waals surface area contributed by atoms with Crippen molar-refractivity contribution in [2.45, 2.75) is 13.5 Å². The van der Waals surface area contributed by atoms with Crippen LogP contribution in [0.1, 0.15) is 5.69 Å². The highest BCUT2D eigenvalue weighted by Crippen LogP contribution is 2.32. The van der Waals surface area contributed by atoms with E-state index in [1.807, 2.05) is 0 Å². The standard InChI is InChI=1S/C14H14N4O5/c1-9-6-14(18(20)21)17(16-9)8-13(19)15-10-2-3-11-12(7-10)23-5-4-22-11/h2-3,6-7H,4-5,8H2,1H3,(H,15,19). The number of rotatable bonds is 4. The van der Waals surface area contributed by atoms with Crippen LogP contribution >= 0.6 is 0 Å². The number of ether oxygens (including phenoxy) is 2. The molecule has 3 rings (SSSR count). The summed E-state index contributed by atoms with van der Waals surface area (Å²) >= 11 is 0. The number of nitrogens with one attached hydrogen (secondary N) is 1. The lowest BCUT2D eigenvalue weighted by Gasteiger charge is -2.18. The number of hydrogen-bond acceptors (Lipinski definition) is 6. The smallest absolute Gasteiger partial charge is 0.345 e. The van der Waals surface area contributed by atoms with Crippen molar-refractivity contribution in [3.63, 3.8) is 0 Å². The molecule has 1 N–H and O–H groups in total. The Morgan fingerprint density at radius 1 is 1.35 bits per heavy atom. The SMILES string of the molecule is Cc1cc([N+](=O)[O-])n(CC(=O)Nc2ccc3c(c2)OCCO3)n1. The number of benzene rings is 1. The van der Waals surface area contributed by atoms with Gasteiger partial charge < -0.3 is 24.9 Å². The Morgan fingerprint density at radius 3 is 2.83 bits per heavy atom. The minimum atomic E-state index is -0.572. The average molecular weight is 318 g/mol. The predicted octanol–water partition coefficient (Wildman–Crippen LogP) is 1.51. The van der Waals surface area contributed by atoms with Gasteiger partial charge in [-0.2, -0.15) is 0 Å². The molecule has 0 saturated heterocycles. The lowest BCUT2D eigenvalue weighted by Crippen LogP contribution is -2.21. The monoisotopic (exact) mass is 318 g/mol. The molecule has 2 aromatic rings. The molecule has 0 aliphatic carbocycles. The highest BCUT2D eigenvalue weighted by molar-refractivity contribution is 5.91. The molecule has 0 radical (unpaired) electrons. The van der Waals surface area contributed by atoms with Crippen LogP contribution in [-0.2, 0) is 11.3 Å². The number of nitro groups is 1. The van der Waals surface area contributed by atoms with Crippen LogP contribution in [0.3, 0.4) is 0 Å². The van der Waals surface area contributed by atoms with E-state index >= 15 is 0 Å². The number of carbonyl (C=O) groups excluding carboxylic acids is 1. The summed E-state index contributed by atoms with van der Waals surface area (Å²) in [5.41, 5.74) is 0.995. The summed E-state index contributed by atoms with van der Waals surface area (Å²) < 4.78 is 11.9. The van der Waals surface area contributed by atoms with Crippen LogP contribution in [-0.4, -0.2) is 33.8 Å². The molecule has 1 aliphatic rings. The Bertz CT molecular complexity index is 771. The normalized spacial score (nSPS) is 12.7. The van der Waals surface area contributed by atoms with E-state index in [-0.39, 0.29) is 12.4 Å². The number of hydrogen-bond donors (Lipinski definition) is 1. The zero-order chi connectivity index (χ0) is 16.4. The highest BCUT2D eigenvalue weighted by atomic mass is 16.6. The summed E-state index contributed by atoms with van der Waals surface area (Å²) in [5, 5.41) is 17.5. The lowest BCUT2D eigenvalue weighted by atomic mass is 10.2. The number of aromatic nitrogens is 2. The fraction of sp³-hybridized carbons (Fsp3) is 0.286. The van der Waals surface area contributed by atoms with E-state index in [4.69, 9.17) is 9.47 Å². The topological polar surface area (TPSA) is 109 Å². The maximum Gasteiger partial charge on any atom is 0.345 e. The lowest BCUT2D eigenvalue weighted by molar-refractivity contribution is -0.392. The number of fused-ring (bicyclic) bond motifs is 1. The molecule has 0 unspecified atom stereocenters. The quantitative estimate of drug-likeness (QED) is 0.676. The average Bonchev–Trinajstić information content (AvgIpc) is 2.87. The van der Waals surface area contributed by atoms with Crippen LogP contribution in [0.2, 0.25) is 0 Å². The molecule has 120 valence electrons. The summed E-state index contributed by atoms with van der Waals surface area (Å²) in [6.07, 6.45) is 0. The zero-order valence-corrected chi connectivity index (χ0v) is 12.3. The van der Waals surface area contributed by atoms with Crippen molar-refractivity contribution in [2.75, 3.05) is 18.5 Å². The second-order valence-corrected chi connectivity index (χ2v) is 4.97. The molecule has 1 aromatic carbocycles. The van der Waals surface area contributed by atoms with Gasteiger partial charge in [0.25, 0.3) is 5.91 Å². The first-order valence-corrected chi connectivity index (χ1v) is 6.91. The van der Waals surface area contributed by atoms with Gasteiger partial charge in [0.05, 0.1) is 11.8 Å². The second kappa shape index (κ2) is 5.95. The number of aryl methyl sites for hydroxylation is 1. The molecular weight excluding hydrogens is 304 g/mol. The third-order valence-electron chi connectivity index (χ3n) is 3.19. The van der Waals surface area contributed by atoms with Crippen LogP contribution in [0.25, 0.3) is 0 Å². The first-order chi connectivity index (χ1) is 11.0. The molecule has 0 spiro atoms. The summed E-state index contributed by atoms with van der Waals surface area (Å²) in [4.78, 5) is 22.4. The molecule has 0 bridgehead atoms. The van der Waals surface area contributed by atoms with Crippen LogP contribution < -0.4 is 14.8 Å². The van der Waals surface area contributed by atoms with Crippen molar-refractivity contribution < 1.29 is 19.2 Å². The van der Waals surface area contributed by atoms with Crippen molar-refractivity contribution in [1.82, 2.24) is 9.78 Å². The van der Waals surface area contributed by atoms with E-state index in [2.05, 4.69) is 10.4 Å². The minimum Gasteiger partial charge on any atom is -0.486 e. The Balaban J connectivity index is 1.71. The van der Waals surface area contributed by atoms with Crippen molar-refractivity contribution in [1.29, 1.82) is 0 Å². The van der Waals surface area contributed by atoms with Crippen LogP contribution in [0.4, 0.5) is 11.5 Å². The molecule has 9 nitrogen and oxygen atoms in total. The van der Waals surface area contributed by atoms with Gasteiger partial charge in [0, 0.05) is 11.8 Å². The van der Waals surface area contributed by atoms with Crippen LogP contribution in [0, 0.1) is 17.0 Å². The maximum atomic E-state index is 12.1. The van der Waals surface area contributed by atoms with Gasteiger partial charge in [-0.3, -0.25) is 4.79 Å². The Hall–Kier alpha value is -3.10. The first-order valence-electron chi connectivity index (χ1n) is 6.91. The first kappa shape index (κ1) is 14.8. The van der Waals surface area contributed by atoms with E-state index in [9.17, 15) is 14.9 Å². The summed E-state index contributed by atoms with van der Waals surface area (Å²) in [5.74, 6) is 0.523. The molecule has 1 aromatic heterocycles. The molecule has 0 fully saturated rings. The van der Waals surface area contributed by atoms with Gasteiger partial charge in [0.2, 0.25) is 0 Å². The Kier molecular flexibility index (Phi) is 3.83. The van der Waals surface area contributed by atoms with Crippen LogP contribution in [0.5, 0.6) is 11.5 Å². The predicted molar refractivity (Wildman–Crippen MR) is 79.7 cm³/mol. The largest absolute Gasteiger partial charge is 0.486 e. The van der Waals surface area contributed by atoms with Crippen molar-refractivity contribution in [3.05, 3.63) is 40.1 Å². The van der Waals surface area contributed by atoms with Gasteiger partial charge in [0.15, 0.2) is 18.0 Å². The molecule has 1 amide bonds. The molecular formula is C14H14N4O5. The van der Waals surface area contributed by atoms with Gasteiger partial charge in [-0.25, -0.2) is 0 Å². The van der Waals surface area contributed by atoms with Crippen molar-refractivity contribution in [2.24, 2.45) is 0 Å². The van der Waals surface area contributed by atoms with Crippen LogP contribution in [0.15, 0.2) is 24.3 Å². The fourth-order valence-corrected chi connectivity index (χ4v) is 2.25. The third kappa shape index (κ3) is 3.23. The Labute approximate surface area is 131 Å². The maximum absolute atomic E-state index is 12.1. The molecule has 9 heteroatoms. The summed E-state index contributed by atoms with van der Waals surface area (Å²) in [6.45, 7) is 2.31. The molecule has 0 saturated carbocycles. The molecule has 2 heterocycles. The van der Waals surface area contributed by atoms with E-state index in [0.717, 1.165) is 4.68 Å². The van der Waals surface area contributed by atoms with Gasteiger partial charge in [-0.15, -0.1) is 4.68 Å². The van der Waals surface area contributed by atoms with Crippen molar-refractivity contribution >= 4 is 17.4 Å². The molecule has 0 atom stereocenters.